The molecular formula is C35H40N6O4S2. The van der Waals surface area contributed by atoms with Crippen LogP contribution in [-0.2, 0) is 27.9 Å². The van der Waals surface area contributed by atoms with E-state index in [0.29, 0.717) is 24.4 Å². The van der Waals surface area contributed by atoms with Gasteiger partial charge >= 0.3 is 0 Å². The lowest BCUT2D eigenvalue weighted by Crippen LogP contribution is -2.37. The lowest BCUT2D eigenvalue weighted by atomic mass is 9.72. The van der Waals surface area contributed by atoms with Gasteiger partial charge in [0.15, 0.2) is 0 Å². The van der Waals surface area contributed by atoms with E-state index in [1.165, 1.54) is 4.31 Å². The van der Waals surface area contributed by atoms with E-state index in [2.05, 4.69) is 32.7 Å². The Hall–Kier alpha value is -4.13. The van der Waals surface area contributed by atoms with Crippen LogP contribution in [0, 0.1) is 19.3 Å². The van der Waals surface area contributed by atoms with Gasteiger partial charge in [-0.25, -0.2) is 13.1 Å². The minimum absolute atomic E-state index is 0.158. The number of thiophene rings is 1. The van der Waals surface area contributed by atoms with Crippen molar-refractivity contribution in [3.8, 4) is 5.75 Å². The Labute approximate surface area is 279 Å². The fourth-order valence-electron chi connectivity index (χ4n) is 6.32. The molecule has 0 bridgehead atoms. The lowest BCUT2D eigenvalue weighted by molar-refractivity contribution is -0.124. The van der Waals surface area contributed by atoms with E-state index in [0.717, 1.165) is 37.5 Å². The molecule has 246 valence electrons. The molecule has 0 aliphatic carbocycles. The molecule has 1 aliphatic heterocycles. The SMILES string of the molecule is CC[C@@H]1CN(Cc2cc(C(c3ccc4c(nnn4CC)c3C)C(C)(C)C(=O)Nc3cccnc3)sc2C)S(=O)(=O)c2ccccc2O1. The van der Waals surface area contributed by atoms with Crippen LogP contribution in [0.5, 0.6) is 5.75 Å². The zero-order valence-electron chi connectivity index (χ0n) is 27.5. The minimum Gasteiger partial charge on any atom is -0.488 e. The number of aryl methyl sites for hydroxylation is 3. The number of carbonyl (C=O) groups excluding carboxylic acids is 1. The summed E-state index contributed by atoms with van der Waals surface area (Å²) in [6.07, 6.45) is 3.69. The van der Waals surface area contributed by atoms with Gasteiger partial charge in [-0.15, -0.1) is 16.4 Å². The topological polar surface area (TPSA) is 119 Å². The number of nitrogens with zero attached hydrogens (tertiary/aromatic N) is 5. The van der Waals surface area contributed by atoms with Crippen LogP contribution in [0.25, 0.3) is 11.0 Å². The molecule has 1 N–H and O–H groups in total. The van der Waals surface area contributed by atoms with Gasteiger partial charge in [0.25, 0.3) is 0 Å². The van der Waals surface area contributed by atoms with Crippen molar-refractivity contribution < 1.29 is 17.9 Å². The van der Waals surface area contributed by atoms with Gasteiger partial charge in [0.1, 0.15) is 22.3 Å². The molecule has 0 fully saturated rings. The summed E-state index contributed by atoms with van der Waals surface area (Å²) in [5, 5.41) is 11.9. The number of benzene rings is 2. The fourth-order valence-corrected chi connectivity index (χ4v) is 9.24. The van der Waals surface area contributed by atoms with Crippen molar-refractivity contribution >= 4 is 44.0 Å². The predicted molar refractivity (Wildman–Crippen MR) is 184 cm³/mol. The summed E-state index contributed by atoms with van der Waals surface area (Å²) in [6.45, 7) is 13.1. The number of sulfonamides is 1. The van der Waals surface area contributed by atoms with Gasteiger partial charge in [-0.2, -0.15) is 4.31 Å². The number of hydrogen-bond donors (Lipinski definition) is 1. The number of amides is 1. The van der Waals surface area contributed by atoms with Crippen LogP contribution in [0.1, 0.15) is 66.5 Å². The van der Waals surface area contributed by atoms with Gasteiger partial charge in [-0.1, -0.05) is 44.2 Å². The molecule has 2 atom stereocenters. The van der Waals surface area contributed by atoms with E-state index >= 15 is 0 Å². The number of para-hydroxylation sites is 1. The van der Waals surface area contributed by atoms with Crippen LogP contribution in [-0.4, -0.2) is 51.3 Å². The van der Waals surface area contributed by atoms with Crippen molar-refractivity contribution in [1.29, 1.82) is 0 Å². The van der Waals surface area contributed by atoms with Gasteiger partial charge < -0.3 is 10.1 Å². The second-order valence-corrected chi connectivity index (χ2v) is 15.7. The average molecular weight is 673 g/mol. The molecule has 4 heterocycles. The fraction of sp³-hybridized carbons (Fsp3) is 0.371. The highest BCUT2D eigenvalue weighted by Crippen LogP contribution is 2.47. The molecule has 6 rings (SSSR count). The third-order valence-electron chi connectivity index (χ3n) is 9.11. The smallest absolute Gasteiger partial charge is 0.247 e. The van der Waals surface area contributed by atoms with Crippen LogP contribution >= 0.6 is 11.3 Å². The number of ether oxygens (including phenoxy) is 1. The van der Waals surface area contributed by atoms with Crippen LogP contribution in [0.2, 0.25) is 0 Å². The largest absolute Gasteiger partial charge is 0.488 e. The Morgan fingerprint density at radius 1 is 1.13 bits per heavy atom. The molecule has 1 amide bonds. The molecule has 1 aliphatic rings. The molecule has 3 aromatic heterocycles. The number of nitrogens with one attached hydrogen (secondary N) is 1. The Morgan fingerprint density at radius 3 is 2.64 bits per heavy atom. The molecular weight excluding hydrogens is 633 g/mol. The first-order valence-corrected chi connectivity index (χ1v) is 18.1. The van der Waals surface area contributed by atoms with E-state index in [9.17, 15) is 13.2 Å². The molecule has 2 aromatic carbocycles. The third kappa shape index (κ3) is 6.05. The van der Waals surface area contributed by atoms with Gasteiger partial charge in [0.05, 0.1) is 29.4 Å². The molecule has 0 saturated carbocycles. The number of carbonyl (C=O) groups is 1. The van der Waals surface area contributed by atoms with Gasteiger partial charge in [-0.05, 0) is 80.3 Å². The van der Waals surface area contributed by atoms with Gasteiger partial charge in [-0.3, -0.25) is 9.78 Å². The van der Waals surface area contributed by atoms with E-state index in [4.69, 9.17) is 4.74 Å². The quantitative estimate of drug-likeness (QED) is 0.186. The summed E-state index contributed by atoms with van der Waals surface area (Å²) in [6, 6.07) is 16.6. The Bertz CT molecular complexity index is 2040. The number of fused-ring (bicyclic) bond motifs is 2. The van der Waals surface area contributed by atoms with Gasteiger partial charge in [0.2, 0.25) is 15.9 Å². The molecule has 10 nitrogen and oxygen atoms in total. The Morgan fingerprint density at radius 2 is 1.91 bits per heavy atom. The van der Waals surface area contributed by atoms with Gasteiger partial charge in [0, 0.05) is 35.0 Å². The second kappa shape index (κ2) is 12.8. The molecule has 47 heavy (non-hydrogen) atoms. The first kappa shape index (κ1) is 32.8. The maximum Gasteiger partial charge on any atom is 0.247 e. The summed E-state index contributed by atoms with van der Waals surface area (Å²) >= 11 is 1.59. The highest BCUT2D eigenvalue weighted by atomic mass is 32.2. The van der Waals surface area contributed by atoms with Crippen molar-refractivity contribution in [2.45, 2.75) is 78.0 Å². The van der Waals surface area contributed by atoms with Crippen molar-refractivity contribution in [3.63, 3.8) is 0 Å². The molecule has 12 heteroatoms. The number of rotatable bonds is 9. The zero-order chi connectivity index (χ0) is 33.5. The maximum atomic E-state index is 14.1. The molecule has 0 radical (unpaired) electrons. The van der Waals surface area contributed by atoms with Crippen LogP contribution in [0.4, 0.5) is 5.69 Å². The summed E-state index contributed by atoms with van der Waals surface area (Å²) < 4.78 is 37.4. The third-order valence-corrected chi connectivity index (χ3v) is 12.1. The molecule has 0 spiro atoms. The van der Waals surface area contributed by atoms with Crippen LogP contribution < -0.4 is 10.1 Å². The van der Waals surface area contributed by atoms with E-state index in [-0.39, 0.29) is 35.9 Å². The second-order valence-electron chi connectivity index (χ2n) is 12.5. The highest BCUT2D eigenvalue weighted by Gasteiger charge is 2.42. The molecule has 5 aromatic rings. The van der Waals surface area contributed by atoms with E-state index in [1.54, 1.807) is 54.1 Å². The van der Waals surface area contributed by atoms with Crippen molar-refractivity contribution in [2.24, 2.45) is 5.41 Å². The number of hydrogen-bond acceptors (Lipinski definition) is 8. The van der Waals surface area contributed by atoms with E-state index in [1.807, 2.05) is 58.4 Å². The zero-order valence-corrected chi connectivity index (χ0v) is 29.2. The predicted octanol–water partition coefficient (Wildman–Crippen LogP) is 6.68. The number of pyridine rings is 1. The Kier molecular flexibility index (Phi) is 8.94. The van der Waals surface area contributed by atoms with Crippen LogP contribution in [0.3, 0.4) is 0 Å². The minimum atomic E-state index is -3.82. The average Bonchev–Trinajstić information content (AvgIpc) is 3.62. The highest BCUT2D eigenvalue weighted by molar-refractivity contribution is 7.89. The van der Waals surface area contributed by atoms with Crippen molar-refractivity contribution in [2.75, 3.05) is 11.9 Å². The first-order valence-electron chi connectivity index (χ1n) is 15.8. The Balaban J connectivity index is 1.43. The number of anilines is 1. The first-order chi connectivity index (χ1) is 22.4. The van der Waals surface area contributed by atoms with Crippen molar-refractivity contribution in [3.05, 3.63) is 93.4 Å². The lowest BCUT2D eigenvalue weighted by Gasteiger charge is -2.34. The summed E-state index contributed by atoms with van der Waals surface area (Å²) in [4.78, 5) is 20.4. The summed E-state index contributed by atoms with van der Waals surface area (Å²) in [5.74, 6) is -0.146. The summed E-state index contributed by atoms with van der Waals surface area (Å²) in [5.41, 5.74) is 4.24. The standard InChI is InChI=1S/C35H40N6O4S2/c1-7-26-21-40(47(43,44)31-14-10-9-13-29(31)45-26)20-24-18-30(46-23(24)4)32(35(5,6)34(42)37-25-12-11-17-36-19-25)27-15-16-28-33(22(27)3)38-39-41(28)8-2/h9-19,26,32H,7-8,20-21H2,1-6H3,(H,37,42)/t26-,32?/m1/s1. The number of aromatic nitrogens is 4. The van der Waals surface area contributed by atoms with E-state index < -0.39 is 15.4 Å². The molecule has 0 saturated heterocycles. The monoisotopic (exact) mass is 672 g/mol. The summed E-state index contributed by atoms with van der Waals surface area (Å²) in [7, 11) is -3.82. The maximum absolute atomic E-state index is 14.1. The molecule has 1 unspecified atom stereocenters. The normalized spacial score (nSPS) is 17.1. The van der Waals surface area contributed by atoms with Crippen LogP contribution in [0.15, 0.2) is 71.9 Å². The van der Waals surface area contributed by atoms with Crippen molar-refractivity contribution in [1.82, 2.24) is 24.3 Å².